The second kappa shape index (κ2) is 10.1. The van der Waals surface area contributed by atoms with Crippen molar-refractivity contribution in [2.75, 3.05) is 10.0 Å². The first-order valence-corrected chi connectivity index (χ1v) is 12.0. The fourth-order valence-corrected chi connectivity index (χ4v) is 4.67. The third kappa shape index (κ3) is 6.12. The second-order valence-corrected chi connectivity index (χ2v) is 9.81. The molecule has 0 fully saturated rings. The van der Waals surface area contributed by atoms with Gasteiger partial charge in [-0.25, -0.2) is 8.42 Å². The molecule has 0 aromatic heterocycles. The van der Waals surface area contributed by atoms with E-state index in [0.29, 0.717) is 16.9 Å². The summed E-state index contributed by atoms with van der Waals surface area (Å²) in [7, 11) is -4.05. The number of nitrogens with one attached hydrogen (secondary N) is 3. The number of carbonyl (C=O) groups is 2. The molecule has 0 saturated carbocycles. The molecule has 2 amide bonds. The summed E-state index contributed by atoms with van der Waals surface area (Å²) in [6.45, 7) is 5.51. The van der Waals surface area contributed by atoms with Crippen molar-refractivity contribution >= 4 is 44.8 Å². The Labute approximate surface area is 198 Å². The maximum absolute atomic E-state index is 12.9. The van der Waals surface area contributed by atoms with Crippen molar-refractivity contribution < 1.29 is 18.0 Å². The molecule has 3 aromatic carbocycles. The van der Waals surface area contributed by atoms with Gasteiger partial charge in [-0.15, -0.1) is 0 Å². The Morgan fingerprint density at radius 1 is 0.909 bits per heavy atom. The van der Waals surface area contributed by atoms with Gasteiger partial charge in [0.25, 0.3) is 21.8 Å². The molecule has 0 unspecified atom stereocenters. The van der Waals surface area contributed by atoms with Gasteiger partial charge in [-0.05, 0) is 68.8 Å². The molecule has 3 aromatic rings. The summed E-state index contributed by atoms with van der Waals surface area (Å²) in [5.74, 6) is -0.911. The van der Waals surface area contributed by atoms with Gasteiger partial charge >= 0.3 is 0 Å². The summed E-state index contributed by atoms with van der Waals surface area (Å²) in [4.78, 5) is 25.1. The van der Waals surface area contributed by atoms with Crippen molar-refractivity contribution in [3.8, 4) is 0 Å². The minimum atomic E-state index is -4.05. The van der Waals surface area contributed by atoms with Crippen molar-refractivity contribution in [3.63, 3.8) is 0 Å². The van der Waals surface area contributed by atoms with Crippen LogP contribution >= 0.6 is 11.6 Å². The predicted octanol–water partition coefficient (Wildman–Crippen LogP) is 4.84. The number of benzene rings is 3. The minimum Gasteiger partial charge on any atom is -0.350 e. The number of halogens is 1. The fraction of sp³-hybridized carbons (Fsp3) is 0.167. The molecule has 3 N–H and O–H groups in total. The van der Waals surface area contributed by atoms with Crippen LogP contribution in [0.25, 0.3) is 0 Å². The molecule has 3 rings (SSSR count). The fourth-order valence-electron chi connectivity index (χ4n) is 3.09. The van der Waals surface area contributed by atoms with Crippen molar-refractivity contribution in [1.29, 1.82) is 0 Å². The van der Waals surface area contributed by atoms with Crippen LogP contribution in [0.1, 0.15) is 40.1 Å². The minimum absolute atomic E-state index is 0.0246. The van der Waals surface area contributed by atoms with Crippen LogP contribution in [0, 0.1) is 6.92 Å². The van der Waals surface area contributed by atoms with Crippen LogP contribution in [-0.2, 0) is 10.0 Å². The van der Waals surface area contributed by atoms with E-state index in [1.54, 1.807) is 42.5 Å². The van der Waals surface area contributed by atoms with Gasteiger partial charge < -0.3 is 10.6 Å². The Morgan fingerprint density at radius 2 is 1.64 bits per heavy atom. The van der Waals surface area contributed by atoms with E-state index in [2.05, 4.69) is 15.4 Å². The topological polar surface area (TPSA) is 104 Å². The van der Waals surface area contributed by atoms with Gasteiger partial charge in [-0.3, -0.25) is 14.3 Å². The molecule has 0 aliphatic heterocycles. The quantitative estimate of drug-likeness (QED) is 0.445. The number of hydrogen-bond donors (Lipinski definition) is 3. The van der Waals surface area contributed by atoms with Gasteiger partial charge in [0.1, 0.15) is 4.90 Å². The lowest BCUT2D eigenvalue weighted by molar-refractivity contribution is 0.0944. The summed E-state index contributed by atoms with van der Waals surface area (Å²) < 4.78 is 28.3. The smallest absolute Gasteiger partial charge is 0.263 e. The number of rotatable bonds is 7. The van der Waals surface area contributed by atoms with E-state index in [9.17, 15) is 18.0 Å². The van der Waals surface area contributed by atoms with E-state index < -0.39 is 15.9 Å². The van der Waals surface area contributed by atoms with Gasteiger partial charge in [-0.1, -0.05) is 35.9 Å². The van der Waals surface area contributed by atoms with Crippen LogP contribution in [0.4, 0.5) is 11.4 Å². The standard InChI is InChI=1S/C24H24ClN3O4S/c1-15(2)26-24(30)19-9-4-5-10-21(19)27-23(29)17-11-12-20(25)22(14-17)33(31,32)28-18-8-6-7-16(3)13-18/h4-15,28H,1-3H3,(H,26,30)(H,27,29). The van der Waals surface area contributed by atoms with Crippen LogP contribution in [0.2, 0.25) is 5.02 Å². The number of aryl methyl sites for hydroxylation is 1. The Kier molecular flexibility index (Phi) is 7.40. The zero-order valence-corrected chi connectivity index (χ0v) is 19.9. The molecule has 0 radical (unpaired) electrons. The maximum Gasteiger partial charge on any atom is 0.263 e. The lowest BCUT2D eigenvalue weighted by Gasteiger charge is -2.14. The lowest BCUT2D eigenvalue weighted by atomic mass is 10.1. The van der Waals surface area contributed by atoms with Crippen molar-refractivity contribution in [3.05, 3.63) is 88.4 Å². The van der Waals surface area contributed by atoms with E-state index in [1.807, 2.05) is 26.8 Å². The van der Waals surface area contributed by atoms with E-state index in [0.717, 1.165) is 5.56 Å². The Hall–Kier alpha value is -3.36. The van der Waals surface area contributed by atoms with E-state index in [4.69, 9.17) is 11.6 Å². The van der Waals surface area contributed by atoms with Gasteiger partial charge in [0, 0.05) is 17.3 Å². The van der Waals surface area contributed by atoms with Crippen molar-refractivity contribution in [2.45, 2.75) is 31.7 Å². The molecule has 9 heteroatoms. The molecule has 0 bridgehead atoms. The molecule has 0 aliphatic rings. The Balaban J connectivity index is 1.88. The Bertz CT molecular complexity index is 1310. The number of anilines is 2. The number of amides is 2. The van der Waals surface area contributed by atoms with Crippen LogP contribution in [0.15, 0.2) is 71.6 Å². The molecule has 0 atom stereocenters. The molecule has 0 aliphatic carbocycles. The predicted molar refractivity (Wildman–Crippen MR) is 130 cm³/mol. The van der Waals surface area contributed by atoms with Crippen LogP contribution in [0.5, 0.6) is 0 Å². The summed E-state index contributed by atoms with van der Waals surface area (Å²) in [6.07, 6.45) is 0. The average Bonchev–Trinajstić information content (AvgIpc) is 2.73. The number of hydrogen-bond acceptors (Lipinski definition) is 4. The van der Waals surface area contributed by atoms with E-state index >= 15 is 0 Å². The maximum atomic E-state index is 12.9. The van der Waals surface area contributed by atoms with E-state index in [-0.39, 0.29) is 27.4 Å². The van der Waals surface area contributed by atoms with Gasteiger partial charge in [0.2, 0.25) is 0 Å². The largest absolute Gasteiger partial charge is 0.350 e. The zero-order valence-electron chi connectivity index (χ0n) is 18.3. The molecule has 0 heterocycles. The van der Waals surface area contributed by atoms with Crippen LogP contribution in [-0.4, -0.2) is 26.3 Å². The molecule has 0 saturated heterocycles. The third-order valence-corrected chi connectivity index (χ3v) is 6.46. The van der Waals surface area contributed by atoms with Crippen LogP contribution < -0.4 is 15.4 Å². The highest BCUT2D eigenvalue weighted by Crippen LogP contribution is 2.26. The number of carbonyl (C=O) groups excluding carboxylic acids is 2. The second-order valence-electron chi connectivity index (χ2n) is 7.75. The number of para-hydroxylation sites is 1. The first-order valence-electron chi connectivity index (χ1n) is 10.2. The first-order chi connectivity index (χ1) is 15.6. The summed E-state index contributed by atoms with van der Waals surface area (Å²) in [5.41, 5.74) is 1.93. The van der Waals surface area contributed by atoms with Gasteiger partial charge in [0.05, 0.1) is 16.3 Å². The highest BCUT2D eigenvalue weighted by Gasteiger charge is 2.21. The van der Waals surface area contributed by atoms with Gasteiger partial charge in [-0.2, -0.15) is 0 Å². The van der Waals surface area contributed by atoms with Crippen molar-refractivity contribution in [2.24, 2.45) is 0 Å². The average molecular weight is 486 g/mol. The molecule has 33 heavy (non-hydrogen) atoms. The highest BCUT2D eigenvalue weighted by molar-refractivity contribution is 7.92. The zero-order chi connectivity index (χ0) is 24.2. The highest BCUT2D eigenvalue weighted by atomic mass is 35.5. The monoisotopic (exact) mass is 485 g/mol. The lowest BCUT2D eigenvalue weighted by Crippen LogP contribution is -2.31. The molecular formula is C24H24ClN3O4S. The molecule has 0 spiro atoms. The summed E-state index contributed by atoms with van der Waals surface area (Å²) >= 11 is 6.15. The summed E-state index contributed by atoms with van der Waals surface area (Å²) in [6, 6.07) is 17.3. The SMILES string of the molecule is Cc1cccc(NS(=O)(=O)c2cc(C(=O)Nc3ccccc3C(=O)NC(C)C)ccc2Cl)c1. The summed E-state index contributed by atoms with van der Waals surface area (Å²) in [5, 5.41) is 5.43. The normalized spacial score (nSPS) is 11.2. The number of sulfonamides is 1. The molecule has 7 nitrogen and oxygen atoms in total. The van der Waals surface area contributed by atoms with Gasteiger partial charge in [0.15, 0.2) is 0 Å². The van der Waals surface area contributed by atoms with Crippen LogP contribution in [0.3, 0.4) is 0 Å². The third-order valence-electron chi connectivity index (χ3n) is 4.59. The molecule has 172 valence electrons. The van der Waals surface area contributed by atoms with Crippen molar-refractivity contribution in [1.82, 2.24) is 5.32 Å². The Morgan fingerprint density at radius 3 is 2.33 bits per heavy atom. The van der Waals surface area contributed by atoms with E-state index in [1.165, 1.54) is 18.2 Å². The molecular weight excluding hydrogens is 462 g/mol. The first kappa shape index (κ1) is 24.3.